The molecule has 1 fully saturated rings. The molecule has 32 heavy (non-hydrogen) atoms. The first-order valence-electron chi connectivity index (χ1n) is 11.3. The third kappa shape index (κ3) is 4.64. The molecule has 3 aromatic rings. The van der Waals surface area contributed by atoms with E-state index in [0.717, 1.165) is 53.4 Å². The fourth-order valence-corrected chi connectivity index (χ4v) is 4.39. The number of amides is 2. The lowest BCUT2D eigenvalue weighted by Crippen LogP contribution is -2.27. The monoisotopic (exact) mass is 434 g/mol. The Morgan fingerprint density at radius 3 is 2.88 bits per heavy atom. The lowest BCUT2D eigenvalue weighted by atomic mass is 10.1. The van der Waals surface area contributed by atoms with Gasteiger partial charge in [-0.25, -0.2) is 9.50 Å². The molecule has 1 unspecified atom stereocenters. The minimum atomic E-state index is 0.000502. The second kappa shape index (κ2) is 9.46. The summed E-state index contributed by atoms with van der Waals surface area (Å²) >= 11 is 0. The van der Waals surface area contributed by atoms with E-state index >= 15 is 0 Å². The first kappa shape index (κ1) is 21.9. The van der Waals surface area contributed by atoms with E-state index in [2.05, 4.69) is 10.3 Å². The molecule has 0 radical (unpaired) electrons. The standard InChI is InChI=1S/C24H30N6O2/c1-4-24(32)29-11-9-19(15-29)21-12-22-27-16(2)20(17(3)30(22)28-21)7-8-23(31)26-14-18-6-5-10-25-13-18/h5-6,10,12-13,19H,4,7-9,11,14-15H2,1-3H3,(H,26,31). The molecule has 1 saturated heterocycles. The SMILES string of the molecule is CCC(=O)N1CCC(c2cc3nc(C)c(CCC(=O)NCc4cccnc4)c(C)n3n2)C1. The molecule has 1 aliphatic rings. The molecule has 0 aromatic carbocycles. The molecule has 3 aromatic heterocycles. The van der Waals surface area contributed by atoms with Crippen LogP contribution >= 0.6 is 0 Å². The average Bonchev–Trinajstić information content (AvgIpc) is 3.45. The molecule has 8 nitrogen and oxygen atoms in total. The van der Waals surface area contributed by atoms with Crippen LogP contribution in [0.15, 0.2) is 30.6 Å². The Bertz CT molecular complexity index is 1120. The van der Waals surface area contributed by atoms with Crippen molar-refractivity contribution in [3.63, 3.8) is 0 Å². The van der Waals surface area contributed by atoms with Crippen molar-refractivity contribution in [1.82, 2.24) is 29.8 Å². The number of carbonyl (C=O) groups is 2. The van der Waals surface area contributed by atoms with Crippen molar-refractivity contribution >= 4 is 17.5 Å². The quantitative estimate of drug-likeness (QED) is 0.617. The van der Waals surface area contributed by atoms with Gasteiger partial charge in [-0.05, 0) is 43.9 Å². The summed E-state index contributed by atoms with van der Waals surface area (Å²) in [6, 6.07) is 5.84. The van der Waals surface area contributed by atoms with Gasteiger partial charge in [-0.2, -0.15) is 5.10 Å². The van der Waals surface area contributed by atoms with Gasteiger partial charge >= 0.3 is 0 Å². The van der Waals surface area contributed by atoms with Crippen LogP contribution in [0.5, 0.6) is 0 Å². The zero-order valence-corrected chi connectivity index (χ0v) is 19.0. The third-order valence-electron chi connectivity index (χ3n) is 6.26. The Kier molecular flexibility index (Phi) is 6.48. The highest BCUT2D eigenvalue weighted by Crippen LogP contribution is 2.28. The van der Waals surface area contributed by atoms with Crippen LogP contribution in [0.2, 0.25) is 0 Å². The number of hydrogen-bond donors (Lipinski definition) is 1. The minimum Gasteiger partial charge on any atom is -0.352 e. The molecule has 0 aliphatic carbocycles. The van der Waals surface area contributed by atoms with Gasteiger partial charge in [0.15, 0.2) is 5.65 Å². The number of rotatable bonds is 7. The maximum atomic E-state index is 12.4. The topological polar surface area (TPSA) is 92.5 Å². The van der Waals surface area contributed by atoms with Crippen LogP contribution in [0.1, 0.15) is 60.3 Å². The molecular formula is C24H30N6O2. The lowest BCUT2D eigenvalue weighted by molar-refractivity contribution is -0.129. The summed E-state index contributed by atoms with van der Waals surface area (Å²) in [7, 11) is 0. The van der Waals surface area contributed by atoms with Crippen LogP contribution in [-0.4, -0.2) is 49.4 Å². The summed E-state index contributed by atoms with van der Waals surface area (Å²) < 4.78 is 1.88. The fourth-order valence-electron chi connectivity index (χ4n) is 4.39. The number of fused-ring (bicyclic) bond motifs is 1. The molecule has 0 saturated carbocycles. The number of aryl methyl sites for hydroxylation is 2. The molecule has 8 heteroatoms. The van der Waals surface area contributed by atoms with Gasteiger partial charge < -0.3 is 10.2 Å². The summed E-state index contributed by atoms with van der Waals surface area (Å²) in [4.78, 5) is 35.1. The molecule has 1 aliphatic heterocycles. The Morgan fingerprint density at radius 2 is 2.12 bits per heavy atom. The van der Waals surface area contributed by atoms with Crippen molar-refractivity contribution in [2.45, 2.75) is 58.9 Å². The largest absolute Gasteiger partial charge is 0.352 e. The third-order valence-corrected chi connectivity index (χ3v) is 6.26. The molecule has 4 rings (SSSR count). The van der Waals surface area contributed by atoms with E-state index < -0.39 is 0 Å². The summed E-state index contributed by atoms with van der Waals surface area (Å²) in [5.41, 5.74) is 5.77. The van der Waals surface area contributed by atoms with Crippen molar-refractivity contribution in [2.24, 2.45) is 0 Å². The van der Waals surface area contributed by atoms with Crippen molar-refractivity contribution in [3.05, 3.63) is 58.8 Å². The van der Waals surface area contributed by atoms with Crippen LogP contribution in [0.25, 0.3) is 5.65 Å². The van der Waals surface area contributed by atoms with E-state index in [-0.39, 0.29) is 17.7 Å². The van der Waals surface area contributed by atoms with Crippen molar-refractivity contribution in [1.29, 1.82) is 0 Å². The van der Waals surface area contributed by atoms with Gasteiger partial charge in [0.25, 0.3) is 0 Å². The second-order valence-electron chi connectivity index (χ2n) is 8.42. The summed E-state index contributed by atoms with van der Waals surface area (Å²) in [5.74, 6) is 0.444. The van der Waals surface area contributed by atoms with Gasteiger partial charge in [0.2, 0.25) is 11.8 Å². The fraction of sp³-hybridized carbons (Fsp3) is 0.458. The van der Waals surface area contributed by atoms with Crippen molar-refractivity contribution in [2.75, 3.05) is 13.1 Å². The Balaban J connectivity index is 1.44. The Labute approximate surface area is 188 Å². The number of pyridine rings is 1. The van der Waals surface area contributed by atoms with Crippen LogP contribution in [0.4, 0.5) is 0 Å². The van der Waals surface area contributed by atoms with Gasteiger partial charge in [0.1, 0.15) is 0 Å². The van der Waals surface area contributed by atoms with E-state index in [1.54, 1.807) is 12.4 Å². The second-order valence-corrected chi connectivity index (χ2v) is 8.42. The lowest BCUT2D eigenvalue weighted by Gasteiger charge is -2.14. The molecule has 2 amide bonds. The zero-order chi connectivity index (χ0) is 22.7. The molecule has 4 heterocycles. The predicted molar refractivity (Wildman–Crippen MR) is 121 cm³/mol. The number of likely N-dealkylation sites (tertiary alicyclic amines) is 1. The highest BCUT2D eigenvalue weighted by atomic mass is 16.2. The minimum absolute atomic E-state index is 0.000502. The van der Waals surface area contributed by atoms with Gasteiger partial charge in [0, 0.05) is 68.2 Å². The Hall–Kier alpha value is -3.29. The molecule has 0 bridgehead atoms. The number of hydrogen-bond acceptors (Lipinski definition) is 5. The first-order chi connectivity index (χ1) is 15.5. The molecule has 0 spiro atoms. The van der Waals surface area contributed by atoms with Gasteiger partial charge in [-0.15, -0.1) is 0 Å². The van der Waals surface area contributed by atoms with E-state index in [4.69, 9.17) is 10.1 Å². The van der Waals surface area contributed by atoms with Gasteiger partial charge in [-0.3, -0.25) is 14.6 Å². The van der Waals surface area contributed by atoms with Crippen molar-refractivity contribution in [3.8, 4) is 0 Å². The van der Waals surface area contributed by atoms with Crippen LogP contribution < -0.4 is 5.32 Å². The Morgan fingerprint density at radius 1 is 1.28 bits per heavy atom. The maximum absolute atomic E-state index is 12.4. The number of carbonyl (C=O) groups excluding carboxylic acids is 2. The maximum Gasteiger partial charge on any atom is 0.222 e. The van der Waals surface area contributed by atoms with E-state index in [9.17, 15) is 9.59 Å². The highest BCUT2D eigenvalue weighted by Gasteiger charge is 2.28. The highest BCUT2D eigenvalue weighted by molar-refractivity contribution is 5.76. The number of aromatic nitrogens is 4. The van der Waals surface area contributed by atoms with Gasteiger partial charge in [0.05, 0.1) is 5.69 Å². The van der Waals surface area contributed by atoms with Crippen LogP contribution in [-0.2, 0) is 22.6 Å². The average molecular weight is 435 g/mol. The van der Waals surface area contributed by atoms with E-state index in [1.807, 2.05) is 48.4 Å². The summed E-state index contributed by atoms with van der Waals surface area (Å²) in [5, 5.41) is 7.78. The molecule has 168 valence electrons. The molecule has 1 atom stereocenters. The number of nitrogens with one attached hydrogen (secondary N) is 1. The predicted octanol–water partition coefficient (Wildman–Crippen LogP) is 2.72. The number of nitrogens with zero attached hydrogens (tertiary/aromatic N) is 5. The first-order valence-corrected chi connectivity index (χ1v) is 11.3. The molecule has 1 N–H and O–H groups in total. The zero-order valence-electron chi connectivity index (χ0n) is 19.0. The van der Waals surface area contributed by atoms with Crippen LogP contribution in [0, 0.1) is 13.8 Å². The van der Waals surface area contributed by atoms with Crippen molar-refractivity contribution < 1.29 is 9.59 Å². The van der Waals surface area contributed by atoms with E-state index in [1.165, 1.54) is 0 Å². The van der Waals surface area contributed by atoms with Crippen LogP contribution in [0.3, 0.4) is 0 Å². The van der Waals surface area contributed by atoms with Gasteiger partial charge in [-0.1, -0.05) is 13.0 Å². The summed E-state index contributed by atoms with van der Waals surface area (Å²) in [6.45, 7) is 7.90. The normalized spacial score (nSPS) is 16.0. The van der Waals surface area contributed by atoms with E-state index in [0.29, 0.717) is 25.8 Å². The smallest absolute Gasteiger partial charge is 0.222 e. The molecular weight excluding hydrogens is 404 g/mol. The summed E-state index contributed by atoms with van der Waals surface area (Å²) in [6.07, 6.45) is 5.93.